The summed E-state index contributed by atoms with van der Waals surface area (Å²) < 4.78 is 13.0. The first-order valence-electron chi connectivity index (χ1n) is 7.91. The van der Waals surface area contributed by atoms with Crippen LogP contribution in [0.15, 0.2) is 52.4 Å². The van der Waals surface area contributed by atoms with Crippen molar-refractivity contribution in [1.82, 2.24) is 5.32 Å². The molecule has 2 heterocycles. The van der Waals surface area contributed by atoms with Crippen LogP contribution in [0.4, 0.5) is 15.8 Å². The van der Waals surface area contributed by atoms with Crippen LogP contribution in [0.5, 0.6) is 0 Å². The minimum atomic E-state index is -0.359. The number of amidine groups is 1. The number of rotatable bonds is 1. The Balaban J connectivity index is 1.77. The number of halogens is 1. The van der Waals surface area contributed by atoms with E-state index in [1.807, 2.05) is 25.1 Å². The Bertz CT molecular complexity index is 1010. The number of carbonyl (C=O) groups is 2. The molecule has 0 saturated carbocycles. The Morgan fingerprint density at radius 3 is 2.58 bits per heavy atom. The lowest BCUT2D eigenvalue weighted by Crippen LogP contribution is -2.23. The molecule has 0 unspecified atom stereocenters. The molecular weight excluding hydrogens is 353 g/mol. The third kappa shape index (κ3) is 2.61. The Morgan fingerprint density at radius 1 is 1.12 bits per heavy atom. The maximum Gasteiger partial charge on any atom is 0.264 e. The van der Waals surface area contributed by atoms with Gasteiger partial charge in [0.1, 0.15) is 5.82 Å². The van der Waals surface area contributed by atoms with E-state index in [2.05, 4.69) is 10.3 Å². The molecule has 1 saturated heterocycles. The average molecular weight is 367 g/mol. The summed E-state index contributed by atoms with van der Waals surface area (Å²) in [6.07, 6.45) is 0. The number of nitrogens with zero attached hydrogens (tertiary/aromatic N) is 2. The van der Waals surface area contributed by atoms with Crippen LogP contribution < -0.4 is 10.2 Å². The van der Waals surface area contributed by atoms with Gasteiger partial charge in [-0.25, -0.2) is 9.38 Å². The molecule has 4 rings (SSSR count). The first-order valence-corrected chi connectivity index (χ1v) is 8.73. The normalized spacial score (nSPS) is 20.7. The Kier molecular flexibility index (Phi) is 3.88. The summed E-state index contributed by atoms with van der Waals surface area (Å²) in [5, 5.41) is 3.04. The van der Waals surface area contributed by atoms with E-state index in [9.17, 15) is 14.0 Å². The zero-order valence-electron chi connectivity index (χ0n) is 14.0. The van der Waals surface area contributed by atoms with E-state index in [-0.39, 0.29) is 17.6 Å². The topological polar surface area (TPSA) is 61.8 Å². The van der Waals surface area contributed by atoms with E-state index in [0.29, 0.717) is 21.3 Å². The number of aryl methyl sites for hydroxylation is 1. The average Bonchev–Trinajstić information content (AvgIpc) is 3.08. The molecule has 0 bridgehead atoms. The molecule has 2 aromatic rings. The van der Waals surface area contributed by atoms with Crippen LogP contribution >= 0.6 is 11.8 Å². The smallest absolute Gasteiger partial charge is 0.264 e. The van der Waals surface area contributed by atoms with Crippen molar-refractivity contribution in [2.24, 2.45) is 4.99 Å². The molecule has 0 radical (unpaired) electrons. The second-order valence-electron chi connectivity index (χ2n) is 5.99. The fourth-order valence-electron chi connectivity index (χ4n) is 3.08. The van der Waals surface area contributed by atoms with Gasteiger partial charge in [0.15, 0.2) is 5.17 Å². The Hall–Kier alpha value is -2.93. The first-order chi connectivity index (χ1) is 12.5. The van der Waals surface area contributed by atoms with Crippen LogP contribution in [-0.4, -0.2) is 24.0 Å². The van der Waals surface area contributed by atoms with Gasteiger partial charge < -0.3 is 10.2 Å². The molecule has 0 aromatic heterocycles. The zero-order valence-corrected chi connectivity index (χ0v) is 14.9. The monoisotopic (exact) mass is 367 g/mol. The molecule has 1 N–H and O–H groups in total. The number of nitrogens with one attached hydrogen (secondary N) is 1. The van der Waals surface area contributed by atoms with Gasteiger partial charge >= 0.3 is 0 Å². The second kappa shape index (κ2) is 6.10. The van der Waals surface area contributed by atoms with E-state index in [1.54, 1.807) is 11.9 Å². The molecule has 0 atom stereocenters. The highest BCUT2D eigenvalue weighted by Crippen LogP contribution is 2.43. The van der Waals surface area contributed by atoms with Crippen LogP contribution in [0.3, 0.4) is 0 Å². The molecule has 2 aliphatic heterocycles. The largest absolute Gasteiger partial charge is 0.310 e. The predicted octanol–water partition coefficient (Wildman–Crippen LogP) is 3.37. The zero-order chi connectivity index (χ0) is 18.4. The maximum atomic E-state index is 13.0. The summed E-state index contributed by atoms with van der Waals surface area (Å²) in [5.74, 6) is -0.927. The third-order valence-corrected chi connectivity index (χ3v) is 5.25. The number of fused-ring (bicyclic) bond motifs is 1. The van der Waals surface area contributed by atoms with Crippen molar-refractivity contribution in [2.75, 3.05) is 11.9 Å². The standard InChI is InChI=1S/C19H14FN3O2S/c1-10-4-3-5-13-14(18(25)23(2)15(10)13)16-17(24)22-19(26-16)21-12-8-6-11(20)7-9-12/h3-9H,1-2H3,(H,21,22,24)/b16-14-. The minimum absolute atomic E-state index is 0.213. The lowest BCUT2D eigenvalue weighted by Gasteiger charge is -2.11. The number of thioether (sulfide) groups is 1. The van der Waals surface area contributed by atoms with Gasteiger partial charge in [0, 0.05) is 12.6 Å². The molecule has 2 aromatic carbocycles. The van der Waals surface area contributed by atoms with Crippen LogP contribution in [0.2, 0.25) is 0 Å². The number of para-hydroxylation sites is 1. The van der Waals surface area contributed by atoms with Gasteiger partial charge in [-0.2, -0.15) is 0 Å². The molecule has 7 heteroatoms. The maximum absolute atomic E-state index is 13.0. The number of carbonyl (C=O) groups excluding carboxylic acids is 2. The number of anilines is 1. The second-order valence-corrected chi connectivity index (χ2v) is 6.99. The lowest BCUT2D eigenvalue weighted by molar-refractivity contribution is -0.116. The van der Waals surface area contributed by atoms with E-state index in [1.165, 1.54) is 24.3 Å². The summed E-state index contributed by atoms with van der Waals surface area (Å²) in [7, 11) is 1.70. The van der Waals surface area contributed by atoms with Crippen molar-refractivity contribution >= 4 is 45.7 Å². The van der Waals surface area contributed by atoms with Crippen molar-refractivity contribution in [3.8, 4) is 0 Å². The summed E-state index contributed by atoms with van der Waals surface area (Å²) in [4.78, 5) is 31.4. The highest BCUT2D eigenvalue weighted by Gasteiger charge is 2.38. The van der Waals surface area contributed by atoms with Crippen LogP contribution in [0.1, 0.15) is 11.1 Å². The molecule has 0 aliphatic carbocycles. The van der Waals surface area contributed by atoms with Crippen molar-refractivity contribution < 1.29 is 14.0 Å². The lowest BCUT2D eigenvalue weighted by atomic mass is 10.0. The van der Waals surface area contributed by atoms with Crippen molar-refractivity contribution in [2.45, 2.75) is 6.92 Å². The Labute approximate surface area is 153 Å². The molecule has 5 nitrogen and oxygen atoms in total. The van der Waals surface area contributed by atoms with E-state index in [4.69, 9.17) is 0 Å². The predicted molar refractivity (Wildman–Crippen MR) is 101 cm³/mol. The van der Waals surface area contributed by atoms with E-state index < -0.39 is 0 Å². The molecular formula is C19H14FN3O2S. The third-order valence-electron chi connectivity index (χ3n) is 4.27. The number of aliphatic imine (C=N–C) groups is 1. The summed E-state index contributed by atoms with van der Waals surface area (Å²) in [6.45, 7) is 1.93. The molecule has 1 fully saturated rings. The molecule has 26 heavy (non-hydrogen) atoms. The molecule has 0 spiro atoms. The number of likely N-dealkylation sites (N-methyl/N-ethyl adjacent to an activating group) is 1. The summed E-state index contributed by atoms with van der Waals surface area (Å²) in [5.41, 5.74) is 3.44. The Morgan fingerprint density at radius 2 is 1.85 bits per heavy atom. The van der Waals surface area contributed by atoms with Crippen molar-refractivity contribution in [3.05, 3.63) is 64.3 Å². The van der Waals surface area contributed by atoms with Gasteiger partial charge in [-0.3, -0.25) is 9.59 Å². The van der Waals surface area contributed by atoms with Gasteiger partial charge in [-0.15, -0.1) is 0 Å². The van der Waals surface area contributed by atoms with Gasteiger partial charge in [0.25, 0.3) is 11.8 Å². The molecule has 2 aliphatic rings. The number of hydrogen-bond donors (Lipinski definition) is 1. The van der Waals surface area contributed by atoms with Crippen molar-refractivity contribution in [1.29, 1.82) is 0 Å². The fourth-order valence-corrected chi connectivity index (χ4v) is 4.01. The minimum Gasteiger partial charge on any atom is -0.310 e. The SMILES string of the molecule is Cc1cccc2c1N(C)C(=O)/C2=C1\SC(=Nc2ccc(F)cc2)NC1=O. The number of benzene rings is 2. The highest BCUT2D eigenvalue weighted by molar-refractivity contribution is 8.18. The fraction of sp³-hybridized carbons (Fsp3) is 0.105. The van der Waals surface area contributed by atoms with Gasteiger partial charge in [-0.1, -0.05) is 18.2 Å². The van der Waals surface area contributed by atoms with Crippen molar-refractivity contribution in [3.63, 3.8) is 0 Å². The van der Waals surface area contributed by atoms with Crippen LogP contribution in [0.25, 0.3) is 5.57 Å². The summed E-state index contributed by atoms with van der Waals surface area (Å²) >= 11 is 1.12. The molecule has 130 valence electrons. The number of amides is 2. The van der Waals surface area contributed by atoms with Gasteiger partial charge in [0.05, 0.1) is 21.9 Å². The highest BCUT2D eigenvalue weighted by atomic mass is 32.2. The molecule has 2 amide bonds. The van der Waals surface area contributed by atoms with E-state index in [0.717, 1.165) is 28.6 Å². The quantitative estimate of drug-likeness (QED) is 0.786. The first kappa shape index (κ1) is 16.5. The number of hydrogen-bond acceptors (Lipinski definition) is 4. The van der Waals surface area contributed by atoms with Crippen LogP contribution in [0, 0.1) is 12.7 Å². The van der Waals surface area contributed by atoms with E-state index >= 15 is 0 Å². The summed E-state index contributed by atoms with van der Waals surface area (Å²) in [6, 6.07) is 11.3. The van der Waals surface area contributed by atoms with Gasteiger partial charge in [0.2, 0.25) is 0 Å². The van der Waals surface area contributed by atoms with Crippen LogP contribution in [-0.2, 0) is 9.59 Å². The van der Waals surface area contributed by atoms with Gasteiger partial charge in [-0.05, 0) is 48.5 Å².